The van der Waals surface area contributed by atoms with Crippen molar-refractivity contribution < 1.29 is 4.74 Å². The molecule has 0 spiro atoms. The summed E-state index contributed by atoms with van der Waals surface area (Å²) in [5.41, 5.74) is 3.94. The van der Waals surface area contributed by atoms with Crippen molar-refractivity contribution in [2.24, 2.45) is 0 Å². The van der Waals surface area contributed by atoms with Gasteiger partial charge in [-0.05, 0) is 43.1 Å². The number of aryl methyl sites for hydroxylation is 1. The van der Waals surface area contributed by atoms with Crippen LogP contribution in [0, 0.1) is 6.92 Å². The third-order valence-electron chi connectivity index (χ3n) is 3.47. The fourth-order valence-corrected chi connectivity index (χ4v) is 2.49. The lowest BCUT2D eigenvalue weighted by atomic mass is 9.97. The standard InChI is InChI=1S/C18H23NO/c1-4-19-18(12-15-8-5-7-14(2)11-15)16-9-6-10-17(13-16)20-3/h5-11,13,18-19H,4,12H2,1-3H3. The molecule has 0 saturated carbocycles. The minimum atomic E-state index is 0.317. The van der Waals surface area contributed by atoms with E-state index in [-0.39, 0.29) is 0 Å². The predicted molar refractivity (Wildman–Crippen MR) is 84.3 cm³/mol. The number of benzene rings is 2. The minimum Gasteiger partial charge on any atom is -0.497 e. The topological polar surface area (TPSA) is 21.3 Å². The van der Waals surface area contributed by atoms with Crippen LogP contribution in [0.5, 0.6) is 5.75 Å². The van der Waals surface area contributed by atoms with E-state index in [1.54, 1.807) is 7.11 Å². The molecule has 0 amide bonds. The summed E-state index contributed by atoms with van der Waals surface area (Å²) in [5.74, 6) is 0.912. The highest BCUT2D eigenvalue weighted by atomic mass is 16.5. The van der Waals surface area contributed by atoms with Crippen molar-refractivity contribution in [3.05, 3.63) is 65.2 Å². The van der Waals surface area contributed by atoms with Crippen LogP contribution in [0.1, 0.15) is 29.7 Å². The van der Waals surface area contributed by atoms with Crippen LogP contribution in [0.25, 0.3) is 0 Å². The highest BCUT2D eigenvalue weighted by Crippen LogP contribution is 2.22. The Morgan fingerprint density at radius 2 is 1.90 bits per heavy atom. The van der Waals surface area contributed by atoms with E-state index in [1.165, 1.54) is 16.7 Å². The summed E-state index contributed by atoms with van der Waals surface area (Å²) in [6.45, 7) is 5.23. The van der Waals surface area contributed by atoms with Gasteiger partial charge in [-0.2, -0.15) is 0 Å². The van der Waals surface area contributed by atoms with Crippen molar-refractivity contribution in [3.8, 4) is 5.75 Å². The second-order valence-electron chi connectivity index (χ2n) is 5.08. The van der Waals surface area contributed by atoms with Gasteiger partial charge in [0.15, 0.2) is 0 Å². The van der Waals surface area contributed by atoms with Gasteiger partial charge in [-0.25, -0.2) is 0 Å². The third kappa shape index (κ3) is 3.84. The Labute approximate surface area is 121 Å². The van der Waals surface area contributed by atoms with E-state index < -0.39 is 0 Å². The second kappa shape index (κ2) is 7.11. The van der Waals surface area contributed by atoms with Gasteiger partial charge in [-0.1, -0.05) is 48.9 Å². The largest absolute Gasteiger partial charge is 0.497 e. The Bertz CT molecular complexity index is 551. The van der Waals surface area contributed by atoms with Gasteiger partial charge in [0, 0.05) is 6.04 Å². The lowest BCUT2D eigenvalue weighted by molar-refractivity contribution is 0.413. The zero-order valence-corrected chi connectivity index (χ0v) is 12.5. The van der Waals surface area contributed by atoms with E-state index in [1.807, 2.05) is 6.07 Å². The molecule has 0 radical (unpaired) electrons. The number of hydrogen-bond donors (Lipinski definition) is 1. The maximum atomic E-state index is 5.32. The van der Waals surface area contributed by atoms with Gasteiger partial charge >= 0.3 is 0 Å². The smallest absolute Gasteiger partial charge is 0.119 e. The molecule has 1 unspecified atom stereocenters. The van der Waals surface area contributed by atoms with Gasteiger partial charge in [0.25, 0.3) is 0 Å². The Morgan fingerprint density at radius 1 is 1.10 bits per heavy atom. The number of hydrogen-bond acceptors (Lipinski definition) is 2. The van der Waals surface area contributed by atoms with Gasteiger partial charge in [-0.3, -0.25) is 0 Å². The van der Waals surface area contributed by atoms with Crippen molar-refractivity contribution >= 4 is 0 Å². The molecule has 2 nitrogen and oxygen atoms in total. The molecule has 0 aliphatic heterocycles. The molecule has 106 valence electrons. The Morgan fingerprint density at radius 3 is 2.60 bits per heavy atom. The molecule has 0 aliphatic carbocycles. The van der Waals surface area contributed by atoms with Crippen LogP contribution in [-0.2, 0) is 6.42 Å². The van der Waals surface area contributed by atoms with Crippen LogP contribution in [0.3, 0.4) is 0 Å². The van der Waals surface area contributed by atoms with Crippen molar-refractivity contribution in [2.45, 2.75) is 26.3 Å². The first-order chi connectivity index (χ1) is 9.72. The second-order valence-corrected chi connectivity index (χ2v) is 5.08. The molecule has 0 bridgehead atoms. The maximum Gasteiger partial charge on any atom is 0.119 e. The van der Waals surface area contributed by atoms with Crippen molar-refractivity contribution in [3.63, 3.8) is 0 Å². The molecule has 2 aromatic carbocycles. The SMILES string of the molecule is CCNC(Cc1cccc(C)c1)c1cccc(OC)c1. The molecular formula is C18H23NO. The molecule has 1 atom stereocenters. The fourth-order valence-electron chi connectivity index (χ4n) is 2.49. The van der Waals surface area contributed by atoms with E-state index in [2.05, 4.69) is 61.6 Å². The zero-order valence-electron chi connectivity index (χ0n) is 12.5. The summed E-state index contributed by atoms with van der Waals surface area (Å²) in [6.07, 6.45) is 0.989. The molecular weight excluding hydrogens is 246 g/mol. The molecule has 2 aromatic rings. The van der Waals surface area contributed by atoms with Gasteiger partial charge < -0.3 is 10.1 Å². The Balaban J connectivity index is 2.21. The minimum absolute atomic E-state index is 0.317. The normalized spacial score (nSPS) is 12.2. The monoisotopic (exact) mass is 269 g/mol. The van der Waals surface area contributed by atoms with Gasteiger partial charge in [0.1, 0.15) is 5.75 Å². The highest BCUT2D eigenvalue weighted by Gasteiger charge is 2.12. The van der Waals surface area contributed by atoms with Crippen LogP contribution in [0.2, 0.25) is 0 Å². The molecule has 0 aliphatic rings. The van der Waals surface area contributed by atoms with Crippen LogP contribution < -0.4 is 10.1 Å². The lowest BCUT2D eigenvalue weighted by Gasteiger charge is -2.19. The van der Waals surface area contributed by atoms with Gasteiger partial charge in [0.2, 0.25) is 0 Å². The number of methoxy groups -OCH3 is 1. The van der Waals surface area contributed by atoms with Crippen LogP contribution >= 0.6 is 0 Å². The van der Waals surface area contributed by atoms with E-state index in [9.17, 15) is 0 Å². The molecule has 0 fully saturated rings. The molecule has 20 heavy (non-hydrogen) atoms. The average Bonchev–Trinajstić information content (AvgIpc) is 2.47. The first-order valence-corrected chi connectivity index (χ1v) is 7.15. The Hall–Kier alpha value is -1.80. The molecule has 0 saturated heterocycles. The summed E-state index contributed by atoms with van der Waals surface area (Å²) < 4.78 is 5.32. The molecule has 2 rings (SSSR count). The van der Waals surface area contributed by atoms with Crippen LogP contribution in [0.4, 0.5) is 0 Å². The first kappa shape index (κ1) is 14.6. The zero-order chi connectivity index (χ0) is 14.4. The van der Waals surface area contributed by atoms with Crippen LogP contribution in [0.15, 0.2) is 48.5 Å². The number of rotatable bonds is 6. The molecule has 1 N–H and O–H groups in total. The summed E-state index contributed by atoms with van der Waals surface area (Å²) in [5, 5.41) is 3.56. The highest BCUT2D eigenvalue weighted by molar-refractivity contribution is 5.32. The number of nitrogens with one attached hydrogen (secondary N) is 1. The number of likely N-dealkylation sites (N-methyl/N-ethyl adjacent to an activating group) is 1. The maximum absolute atomic E-state index is 5.32. The summed E-state index contributed by atoms with van der Waals surface area (Å²) in [4.78, 5) is 0. The van der Waals surface area contributed by atoms with Crippen LogP contribution in [-0.4, -0.2) is 13.7 Å². The average molecular weight is 269 g/mol. The summed E-state index contributed by atoms with van der Waals surface area (Å²) >= 11 is 0. The van der Waals surface area contributed by atoms with Crippen molar-refractivity contribution in [1.82, 2.24) is 5.32 Å². The quantitative estimate of drug-likeness (QED) is 0.859. The van der Waals surface area contributed by atoms with E-state index in [4.69, 9.17) is 4.74 Å². The van der Waals surface area contributed by atoms with E-state index in [0.29, 0.717) is 6.04 Å². The summed E-state index contributed by atoms with van der Waals surface area (Å²) in [6, 6.07) is 17.3. The molecule has 0 heterocycles. The van der Waals surface area contributed by atoms with Gasteiger partial charge in [0.05, 0.1) is 7.11 Å². The predicted octanol–water partition coefficient (Wildman–Crippen LogP) is 3.90. The van der Waals surface area contributed by atoms with Crippen molar-refractivity contribution in [2.75, 3.05) is 13.7 Å². The van der Waals surface area contributed by atoms with E-state index in [0.717, 1.165) is 18.7 Å². The van der Waals surface area contributed by atoms with E-state index >= 15 is 0 Å². The Kier molecular flexibility index (Phi) is 5.19. The number of ether oxygens (including phenoxy) is 1. The van der Waals surface area contributed by atoms with Gasteiger partial charge in [-0.15, -0.1) is 0 Å². The fraction of sp³-hybridized carbons (Fsp3) is 0.333. The third-order valence-corrected chi connectivity index (χ3v) is 3.47. The molecule has 0 aromatic heterocycles. The van der Waals surface area contributed by atoms with Crippen molar-refractivity contribution in [1.29, 1.82) is 0 Å². The molecule has 2 heteroatoms. The first-order valence-electron chi connectivity index (χ1n) is 7.15. The summed E-state index contributed by atoms with van der Waals surface area (Å²) in [7, 11) is 1.71. The lowest BCUT2D eigenvalue weighted by Crippen LogP contribution is -2.23.